The summed E-state index contributed by atoms with van der Waals surface area (Å²) in [7, 11) is 0. The van der Waals surface area contributed by atoms with E-state index in [1.807, 2.05) is 24.3 Å². The van der Waals surface area contributed by atoms with Crippen LogP contribution in [0.3, 0.4) is 0 Å². The van der Waals surface area contributed by atoms with E-state index < -0.39 is 5.91 Å². The number of fused-ring (bicyclic) bond motifs is 3. The van der Waals surface area contributed by atoms with Crippen molar-refractivity contribution in [3.63, 3.8) is 0 Å². The molecule has 3 aromatic rings. The Kier molecular flexibility index (Phi) is 6.05. The van der Waals surface area contributed by atoms with Crippen molar-refractivity contribution in [2.45, 2.75) is 26.0 Å². The Balaban J connectivity index is 1.34. The number of aromatic nitrogens is 1. The van der Waals surface area contributed by atoms with Gasteiger partial charge in [-0.15, -0.1) is 0 Å². The van der Waals surface area contributed by atoms with E-state index in [0.29, 0.717) is 6.61 Å². The molecule has 2 heterocycles. The molecule has 0 unspecified atom stereocenters. The van der Waals surface area contributed by atoms with E-state index >= 15 is 0 Å². The number of hydrogen-bond acceptors (Lipinski definition) is 4. The quantitative estimate of drug-likeness (QED) is 0.216. The summed E-state index contributed by atoms with van der Waals surface area (Å²) < 4.78 is 5.58. The SMILES string of the molecule is O=C(/C=C/c1ccc(CNCCc2cccc3[nH]c4c(c23)CCOC4)cc1)NO. The van der Waals surface area contributed by atoms with Crippen LogP contribution in [-0.4, -0.2) is 29.3 Å². The van der Waals surface area contributed by atoms with Crippen molar-refractivity contribution < 1.29 is 14.7 Å². The Labute approximate surface area is 169 Å². The third-order valence-electron chi connectivity index (χ3n) is 5.26. The first kappa shape index (κ1) is 19.4. The normalized spacial score (nSPS) is 13.7. The summed E-state index contributed by atoms with van der Waals surface area (Å²) in [5.41, 5.74) is 8.88. The highest BCUT2D eigenvalue weighted by Gasteiger charge is 2.17. The second-order valence-electron chi connectivity index (χ2n) is 7.20. The van der Waals surface area contributed by atoms with E-state index in [2.05, 4.69) is 28.5 Å². The molecule has 6 heteroatoms. The van der Waals surface area contributed by atoms with Gasteiger partial charge in [-0.3, -0.25) is 10.0 Å². The molecule has 1 aliphatic heterocycles. The summed E-state index contributed by atoms with van der Waals surface area (Å²) in [6.07, 6.45) is 4.89. The zero-order chi connectivity index (χ0) is 20.1. The molecule has 0 saturated carbocycles. The highest BCUT2D eigenvalue weighted by molar-refractivity contribution is 5.90. The lowest BCUT2D eigenvalue weighted by atomic mass is 9.99. The number of ether oxygens (including phenoxy) is 1. The van der Waals surface area contributed by atoms with Crippen LogP contribution in [0.2, 0.25) is 0 Å². The lowest BCUT2D eigenvalue weighted by Crippen LogP contribution is -2.17. The molecule has 4 N–H and O–H groups in total. The molecule has 150 valence electrons. The Morgan fingerprint density at radius 3 is 2.90 bits per heavy atom. The molecule has 0 bridgehead atoms. The van der Waals surface area contributed by atoms with E-state index in [4.69, 9.17) is 9.94 Å². The second kappa shape index (κ2) is 9.05. The van der Waals surface area contributed by atoms with E-state index in [9.17, 15) is 4.79 Å². The van der Waals surface area contributed by atoms with Gasteiger partial charge in [-0.05, 0) is 53.8 Å². The Morgan fingerprint density at radius 1 is 1.21 bits per heavy atom. The van der Waals surface area contributed by atoms with Crippen LogP contribution in [0.5, 0.6) is 0 Å². The lowest BCUT2D eigenvalue weighted by molar-refractivity contribution is -0.124. The topological polar surface area (TPSA) is 86.4 Å². The Morgan fingerprint density at radius 2 is 2.07 bits per heavy atom. The molecule has 6 nitrogen and oxygen atoms in total. The molecule has 4 rings (SSSR count). The number of nitrogens with one attached hydrogen (secondary N) is 3. The molecule has 0 saturated heterocycles. The summed E-state index contributed by atoms with van der Waals surface area (Å²) in [4.78, 5) is 14.5. The monoisotopic (exact) mass is 391 g/mol. The zero-order valence-corrected chi connectivity index (χ0v) is 16.2. The molecule has 1 aliphatic rings. The molecule has 29 heavy (non-hydrogen) atoms. The molecule has 2 aromatic carbocycles. The van der Waals surface area contributed by atoms with Crippen LogP contribution < -0.4 is 10.8 Å². The van der Waals surface area contributed by atoms with Crippen molar-refractivity contribution in [3.05, 3.63) is 76.5 Å². The first-order valence-corrected chi connectivity index (χ1v) is 9.85. The van der Waals surface area contributed by atoms with E-state index in [1.165, 1.54) is 39.4 Å². The lowest BCUT2D eigenvalue weighted by Gasteiger charge is -2.13. The number of carbonyl (C=O) groups excluding carboxylic acids is 1. The van der Waals surface area contributed by atoms with Gasteiger partial charge in [0.2, 0.25) is 0 Å². The number of amides is 1. The van der Waals surface area contributed by atoms with Gasteiger partial charge >= 0.3 is 0 Å². The molecular formula is C23H25N3O3. The maximum absolute atomic E-state index is 11.0. The summed E-state index contributed by atoms with van der Waals surface area (Å²) in [5, 5.41) is 13.4. The van der Waals surface area contributed by atoms with Crippen molar-refractivity contribution in [2.24, 2.45) is 0 Å². The molecule has 1 aromatic heterocycles. The van der Waals surface area contributed by atoms with Gasteiger partial charge in [0.25, 0.3) is 5.91 Å². The molecule has 0 fully saturated rings. The summed E-state index contributed by atoms with van der Waals surface area (Å²) in [5.74, 6) is -0.540. The van der Waals surface area contributed by atoms with Crippen LogP contribution in [-0.2, 0) is 35.5 Å². The predicted molar refractivity (Wildman–Crippen MR) is 112 cm³/mol. The van der Waals surface area contributed by atoms with Crippen LogP contribution in [0, 0.1) is 0 Å². The molecule has 0 atom stereocenters. The Bertz CT molecular complexity index is 1020. The minimum atomic E-state index is -0.540. The molecule has 1 amide bonds. The van der Waals surface area contributed by atoms with Crippen LogP contribution in [0.1, 0.15) is 27.9 Å². The minimum absolute atomic E-state index is 0.540. The number of aromatic amines is 1. The standard InChI is InChI=1S/C23H25N3O3/c27-22(26-28)9-8-16-4-6-17(7-5-16)14-24-12-10-18-2-1-3-20-23(18)19-11-13-29-15-21(19)25-20/h1-9,24-25,28H,10-15H2,(H,26,27)/b9-8+. The number of hydroxylamine groups is 1. The highest BCUT2D eigenvalue weighted by atomic mass is 16.5. The van der Waals surface area contributed by atoms with Crippen LogP contribution >= 0.6 is 0 Å². The highest BCUT2D eigenvalue weighted by Crippen LogP contribution is 2.29. The van der Waals surface area contributed by atoms with Gasteiger partial charge in [-0.2, -0.15) is 0 Å². The minimum Gasteiger partial charge on any atom is -0.375 e. The number of carbonyl (C=O) groups is 1. The van der Waals surface area contributed by atoms with Gasteiger partial charge in [0.15, 0.2) is 0 Å². The fourth-order valence-corrected chi connectivity index (χ4v) is 3.82. The molecular weight excluding hydrogens is 366 g/mol. The largest absolute Gasteiger partial charge is 0.375 e. The van der Waals surface area contributed by atoms with Gasteiger partial charge in [0, 0.05) is 29.2 Å². The third-order valence-corrected chi connectivity index (χ3v) is 5.26. The number of hydrogen-bond donors (Lipinski definition) is 4. The van der Waals surface area contributed by atoms with Gasteiger partial charge in [0.05, 0.1) is 13.2 Å². The van der Waals surface area contributed by atoms with Crippen LogP contribution in [0.15, 0.2) is 48.5 Å². The van der Waals surface area contributed by atoms with Crippen LogP contribution in [0.25, 0.3) is 17.0 Å². The van der Waals surface area contributed by atoms with Gasteiger partial charge < -0.3 is 15.0 Å². The predicted octanol–water partition coefficient (Wildman–Crippen LogP) is 3.09. The fraction of sp³-hybridized carbons (Fsp3) is 0.261. The van der Waals surface area contributed by atoms with E-state index in [1.54, 1.807) is 11.6 Å². The van der Waals surface area contributed by atoms with Gasteiger partial charge in [-0.1, -0.05) is 36.4 Å². The van der Waals surface area contributed by atoms with Crippen LogP contribution in [0.4, 0.5) is 0 Å². The van der Waals surface area contributed by atoms with E-state index in [-0.39, 0.29) is 0 Å². The Hall–Kier alpha value is -2.93. The van der Waals surface area contributed by atoms with Crippen molar-refractivity contribution >= 4 is 22.9 Å². The third kappa shape index (κ3) is 4.56. The van der Waals surface area contributed by atoms with Crippen molar-refractivity contribution in [3.8, 4) is 0 Å². The average Bonchev–Trinajstić information content (AvgIpc) is 3.15. The maximum Gasteiger partial charge on any atom is 0.267 e. The first-order chi connectivity index (χ1) is 14.2. The second-order valence-corrected chi connectivity index (χ2v) is 7.20. The van der Waals surface area contributed by atoms with Crippen molar-refractivity contribution in [2.75, 3.05) is 13.2 Å². The maximum atomic E-state index is 11.0. The zero-order valence-electron chi connectivity index (χ0n) is 16.2. The van der Waals surface area contributed by atoms with Gasteiger partial charge in [0.1, 0.15) is 0 Å². The molecule has 0 aliphatic carbocycles. The van der Waals surface area contributed by atoms with Gasteiger partial charge in [-0.25, -0.2) is 5.48 Å². The summed E-state index contributed by atoms with van der Waals surface area (Å²) in [6, 6.07) is 14.4. The van der Waals surface area contributed by atoms with Crippen molar-refractivity contribution in [1.82, 2.24) is 15.8 Å². The van der Waals surface area contributed by atoms with Crippen molar-refractivity contribution in [1.29, 1.82) is 0 Å². The molecule has 0 radical (unpaired) electrons. The van der Waals surface area contributed by atoms with E-state index in [0.717, 1.165) is 38.1 Å². The summed E-state index contributed by atoms with van der Waals surface area (Å²) in [6.45, 7) is 3.16. The number of benzene rings is 2. The average molecular weight is 391 g/mol. The number of H-pyrrole nitrogens is 1. The molecule has 0 spiro atoms. The fourth-order valence-electron chi connectivity index (χ4n) is 3.82. The number of rotatable bonds is 7. The first-order valence-electron chi connectivity index (χ1n) is 9.85. The summed E-state index contributed by atoms with van der Waals surface area (Å²) >= 11 is 0. The smallest absolute Gasteiger partial charge is 0.267 e.